The van der Waals surface area contributed by atoms with Crippen molar-refractivity contribution in [2.45, 2.75) is 33.4 Å². The van der Waals surface area contributed by atoms with Crippen LogP contribution in [0.4, 0.5) is 4.39 Å². The van der Waals surface area contributed by atoms with E-state index in [9.17, 15) is 18.8 Å². The molecule has 7 heteroatoms. The number of nitrogens with one attached hydrogen (secondary N) is 1. The highest BCUT2D eigenvalue weighted by Gasteiger charge is 2.22. The SMILES string of the molecule is Cc1ccc(-n2c(=O)c3ccccc3n(C(C)C(=O)NCc3ccc(F)cc3)c2=O)cc1C. The fourth-order valence-electron chi connectivity index (χ4n) is 3.81. The lowest BCUT2D eigenvalue weighted by Gasteiger charge is -2.20. The van der Waals surface area contributed by atoms with Crippen molar-refractivity contribution in [1.29, 1.82) is 0 Å². The average molecular weight is 445 g/mol. The molecule has 0 saturated heterocycles. The van der Waals surface area contributed by atoms with Crippen LogP contribution in [0.2, 0.25) is 0 Å². The van der Waals surface area contributed by atoms with Gasteiger partial charge in [-0.2, -0.15) is 0 Å². The van der Waals surface area contributed by atoms with Crippen molar-refractivity contribution < 1.29 is 9.18 Å². The van der Waals surface area contributed by atoms with Crippen LogP contribution in [-0.4, -0.2) is 15.0 Å². The molecule has 0 saturated carbocycles. The van der Waals surface area contributed by atoms with Crippen LogP contribution in [0.15, 0.2) is 76.3 Å². The van der Waals surface area contributed by atoms with Crippen LogP contribution < -0.4 is 16.6 Å². The van der Waals surface area contributed by atoms with Gasteiger partial charge in [0.1, 0.15) is 11.9 Å². The second kappa shape index (κ2) is 8.86. The zero-order valence-corrected chi connectivity index (χ0v) is 18.6. The van der Waals surface area contributed by atoms with Crippen molar-refractivity contribution in [3.8, 4) is 5.69 Å². The van der Waals surface area contributed by atoms with E-state index in [0.29, 0.717) is 16.6 Å². The summed E-state index contributed by atoms with van der Waals surface area (Å²) in [5.74, 6) is -0.748. The topological polar surface area (TPSA) is 73.1 Å². The Labute approximate surface area is 189 Å². The lowest BCUT2D eigenvalue weighted by atomic mass is 10.1. The summed E-state index contributed by atoms with van der Waals surface area (Å²) < 4.78 is 15.6. The molecule has 168 valence electrons. The third-order valence-electron chi connectivity index (χ3n) is 5.89. The van der Waals surface area contributed by atoms with Gasteiger partial charge in [0.25, 0.3) is 5.56 Å². The van der Waals surface area contributed by atoms with E-state index in [0.717, 1.165) is 21.3 Å². The van der Waals surface area contributed by atoms with Crippen LogP contribution in [0.5, 0.6) is 0 Å². The predicted molar refractivity (Wildman–Crippen MR) is 126 cm³/mol. The van der Waals surface area contributed by atoms with Gasteiger partial charge in [0, 0.05) is 6.54 Å². The number of carbonyl (C=O) groups is 1. The van der Waals surface area contributed by atoms with Crippen LogP contribution in [0.3, 0.4) is 0 Å². The van der Waals surface area contributed by atoms with Crippen molar-refractivity contribution in [3.05, 3.63) is 110 Å². The Balaban J connectivity index is 1.80. The number of para-hydroxylation sites is 1. The molecule has 4 rings (SSSR count). The Kier molecular flexibility index (Phi) is 5.96. The molecule has 3 aromatic carbocycles. The van der Waals surface area contributed by atoms with Crippen LogP contribution in [0, 0.1) is 19.7 Å². The molecule has 0 radical (unpaired) electrons. The standard InChI is InChI=1S/C26H24FN3O3/c1-16-8-13-21(14-17(16)2)30-25(32)22-6-4-5-7-23(22)29(26(30)33)18(3)24(31)28-15-19-9-11-20(27)12-10-19/h4-14,18H,15H2,1-3H3,(H,28,31). The molecule has 4 aromatic rings. The normalized spacial score (nSPS) is 12.0. The fraction of sp³-hybridized carbons (Fsp3) is 0.192. The van der Waals surface area contributed by atoms with Gasteiger partial charge in [-0.05, 0) is 73.9 Å². The number of rotatable bonds is 5. The molecule has 0 aliphatic rings. The maximum atomic E-state index is 13.6. The molecule has 0 bridgehead atoms. The fourth-order valence-corrected chi connectivity index (χ4v) is 3.81. The highest BCUT2D eigenvalue weighted by molar-refractivity contribution is 5.84. The minimum absolute atomic E-state index is 0.187. The van der Waals surface area contributed by atoms with Gasteiger partial charge in [0.2, 0.25) is 5.91 Å². The van der Waals surface area contributed by atoms with E-state index in [-0.39, 0.29) is 12.4 Å². The largest absolute Gasteiger partial charge is 0.350 e. The highest BCUT2D eigenvalue weighted by atomic mass is 19.1. The zero-order chi connectivity index (χ0) is 23.7. The number of aromatic nitrogens is 2. The first-order valence-corrected chi connectivity index (χ1v) is 10.6. The van der Waals surface area contributed by atoms with E-state index in [1.54, 1.807) is 55.5 Å². The quantitative estimate of drug-likeness (QED) is 0.508. The number of fused-ring (bicyclic) bond motifs is 1. The number of nitrogens with zero attached hydrogens (tertiary/aromatic N) is 2. The van der Waals surface area contributed by atoms with Gasteiger partial charge in [-0.1, -0.05) is 30.3 Å². The second-order valence-corrected chi connectivity index (χ2v) is 8.10. The Morgan fingerprint density at radius 1 is 0.970 bits per heavy atom. The van der Waals surface area contributed by atoms with Crippen molar-refractivity contribution in [3.63, 3.8) is 0 Å². The maximum absolute atomic E-state index is 13.6. The summed E-state index contributed by atoms with van der Waals surface area (Å²) >= 11 is 0. The first-order chi connectivity index (χ1) is 15.8. The Morgan fingerprint density at radius 2 is 1.67 bits per heavy atom. The molecule has 33 heavy (non-hydrogen) atoms. The average Bonchev–Trinajstić information content (AvgIpc) is 2.81. The first kappa shape index (κ1) is 22.2. The molecule has 1 atom stereocenters. The highest BCUT2D eigenvalue weighted by Crippen LogP contribution is 2.17. The van der Waals surface area contributed by atoms with Crippen molar-refractivity contribution in [2.75, 3.05) is 0 Å². The number of benzene rings is 3. The van der Waals surface area contributed by atoms with E-state index < -0.39 is 23.2 Å². The number of hydrogen-bond acceptors (Lipinski definition) is 3. The molecular weight excluding hydrogens is 421 g/mol. The number of halogens is 1. The number of aryl methyl sites for hydroxylation is 2. The zero-order valence-electron chi connectivity index (χ0n) is 18.6. The minimum atomic E-state index is -0.888. The molecule has 0 fully saturated rings. The van der Waals surface area contributed by atoms with E-state index in [1.807, 2.05) is 19.9 Å². The van der Waals surface area contributed by atoms with Gasteiger partial charge in [-0.15, -0.1) is 0 Å². The van der Waals surface area contributed by atoms with E-state index in [2.05, 4.69) is 5.32 Å². The number of carbonyl (C=O) groups excluding carboxylic acids is 1. The summed E-state index contributed by atoms with van der Waals surface area (Å²) in [4.78, 5) is 39.8. The monoisotopic (exact) mass is 445 g/mol. The summed E-state index contributed by atoms with van der Waals surface area (Å²) in [6.07, 6.45) is 0. The molecule has 1 amide bonds. The molecular formula is C26H24FN3O3. The van der Waals surface area contributed by atoms with E-state index in [4.69, 9.17) is 0 Å². The Bertz CT molecular complexity index is 1470. The molecule has 1 N–H and O–H groups in total. The number of amides is 1. The molecule has 0 aliphatic heterocycles. The van der Waals surface area contributed by atoms with Crippen molar-refractivity contribution >= 4 is 16.8 Å². The summed E-state index contributed by atoms with van der Waals surface area (Å²) in [6.45, 7) is 5.67. The Hall–Kier alpha value is -4.00. The van der Waals surface area contributed by atoms with Crippen molar-refractivity contribution in [1.82, 2.24) is 14.5 Å². The predicted octanol–water partition coefficient (Wildman–Crippen LogP) is 3.79. The summed E-state index contributed by atoms with van der Waals surface area (Å²) in [5.41, 5.74) is 2.53. The minimum Gasteiger partial charge on any atom is -0.350 e. The summed E-state index contributed by atoms with van der Waals surface area (Å²) in [7, 11) is 0. The second-order valence-electron chi connectivity index (χ2n) is 8.10. The third-order valence-corrected chi connectivity index (χ3v) is 5.89. The lowest BCUT2D eigenvalue weighted by Crippen LogP contribution is -2.43. The van der Waals surface area contributed by atoms with Gasteiger partial charge in [0.15, 0.2) is 0 Å². The molecule has 1 heterocycles. The number of hydrogen-bond donors (Lipinski definition) is 1. The smallest absolute Gasteiger partial charge is 0.336 e. The molecule has 0 spiro atoms. The van der Waals surface area contributed by atoms with Gasteiger partial charge in [-0.25, -0.2) is 13.8 Å². The van der Waals surface area contributed by atoms with Crippen LogP contribution in [0.25, 0.3) is 16.6 Å². The van der Waals surface area contributed by atoms with Gasteiger partial charge < -0.3 is 5.32 Å². The van der Waals surface area contributed by atoms with E-state index in [1.165, 1.54) is 16.7 Å². The van der Waals surface area contributed by atoms with Crippen LogP contribution in [0.1, 0.15) is 29.7 Å². The lowest BCUT2D eigenvalue weighted by molar-refractivity contribution is -0.124. The van der Waals surface area contributed by atoms with Crippen molar-refractivity contribution in [2.24, 2.45) is 0 Å². The first-order valence-electron chi connectivity index (χ1n) is 10.6. The molecule has 6 nitrogen and oxygen atoms in total. The molecule has 1 unspecified atom stereocenters. The third kappa shape index (κ3) is 4.22. The van der Waals surface area contributed by atoms with Gasteiger partial charge >= 0.3 is 5.69 Å². The maximum Gasteiger partial charge on any atom is 0.336 e. The summed E-state index contributed by atoms with van der Waals surface area (Å²) in [6, 6.07) is 17.1. The molecule has 0 aliphatic carbocycles. The van der Waals surface area contributed by atoms with Crippen LogP contribution >= 0.6 is 0 Å². The van der Waals surface area contributed by atoms with Gasteiger partial charge in [0.05, 0.1) is 16.6 Å². The molecule has 1 aromatic heterocycles. The summed E-state index contributed by atoms with van der Waals surface area (Å²) in [5, 5.41) is 3.13. The van der Waals surface area contributed by atoms with Gasteiger partial charge in [-0.3, -0.25) is 14.2 Å². The Morgan fingerprint density at radius 3 is 2.36 bits per heavy atom. The van der Waals surface area contributed by atoms with Crippen LogP contribution in [-0.2, 0) is 11.3 Å². The van der Waals surface area contributed by atoms with E-state index >= 15 is 0 Å².